The molecule has 0 spiro atoms. The van der Waals surface area contributed by atoms with E-state index in [0.717, 1.165) is 41.0 Å². The third-order valence-corrected chi connectivity index (χ3v) is 13.8. The van der Waals surface area contributed by atoms with Gasteiger partial charge >= 0.3 is 6.09 Å². The maximum Gasteiger partial charge on any atom is 0.407 e. The Morgan fingerprint density at radius 3 is 1.67 bits per heavy atom. The summed E-state index contributed by atoms with van der Waals surface area (Å²) in [5.41, 5.74) is 3.96. The lowest BCUT2D eigenvalue weighted by molar-refractivity contribution is -0.333. The topological polar surface area (TPSA) is 301 Å². The number of rotatable bonds is 37. The molecule has 430 valence electrons. The number of hydrogen-bond donors (Lipinski definition) is 10. The van der Waals surface area contributed by atoms with Crippen molar-refractivity contribution in [2.75, 3.05) is 111 Å². The number of amides is 3. The number of nitrogens with one attached hydrogen (secondary N) is 3. The van der Waals surface area contributed by atoms with E-state index in [1.54, 1.807) is 6.92 Å². The Balaban J connectivity index is 1.09. The molecule has 76 heavy (non-hydrogen) atoms. The fourth-order valence-electron chi connectivity index (χ4n) is 9.45. The first kappa shape index (κ1) is 63.2. The number of benzene rings is 2. The van der Waals surface area contributed by atoms with Gasteiger partial charge in [0.1, 0.15) is 55.4 Å². The van der Waals surface area contributed by atoms with Gasteiger partial charge in [-0.25, -0.2) is 4.79 Å². The molecule has 0 radical (unpaired) electrons. The minimum absolute atomic E-state index is 0.00452. The van der Waals surface area contributed by atoms with Gasteiger partial charge in [-0.15, -0.1) is 0 Å². The highest BCUT2D eigenvalue weighted by atomic mass is 32.1. The van der Waals surface area contributed by atoms with Crippen LogP contribution in [0.3, 0.4) is 0 Å². The summed E-state index contributed by atoms with van der Waals surface area (Å²) in [6.07, 6.45) is -8.35. The van der Waals surface area contributed by atoms with Gasteiger partial charge in [-0.1, -0.05) is 81.1 Å². The molecule has 12 atom stereocenters. The van der Waals surface area contributed by atoms with E-state index in [2.05, 4.69) is 28.6 Å². The second-order valence-electron chi connectivity index (χ2n) is 19.0. The quantitative estimate of drug-likeness (QED) is 0.0331. The Labute approximate surface area is 451 Å². The van der Waals surface area contributed by atoms with Crippen LogP contribution in [-0.2, 0) is 57.0 Å². The molecule has 0 bridgehead atoms. The molecule has 3 aliphatic rings. The number of hydrogen-bond acceptors (Lipinski definition) is 20. The third kappa shape index (κ3) is 19.6. The van der Waals surface area contributed by atoms with E-state index in [0.29, 0.717) is 52.9 Å². The highest BCUT2D eigenvalue weighted by molar-refractivity contribution is 7.80. The van der Waals surface area contributed by atoms with Crippen molar-refractivity contribution in [3.05, 3.63) is 59.7 Å². The van der Waals surface area contributed by atoms with Crippen LogP contribution in [-0.4, -0.2) is 227 Å². The number of ether oxygens (including phenoxy) is 10. The Bertz CT molecular complexity index is 1930. The second kappa shape index (κ2) is 35.1. The van der Waals surface area contributed by atoms with Crippen molar-refractivity contribution >= 4 is 30.5 Å². The normalized spacial score (nSPS) is 25.1. The number of aliphatic hydroxyl groups excluding tert-OH is 6. The summed E-state index contributed by atoms with van der Waals surface area (Å²) in [6.45, 7) is 5.87. The van der Waals surface area contributed by atoms with Crippen molar-refractivity contribution in [2.45, 2.75) is 125 Å². The molecule has 2 aliphatic heterocycles. The number of fused-ring (bicyclic) bond motifs is 3. The van der Waals surface area contributed by atoms with E-state index in [9.17, 15) is 45.0 Å². The van der Waals surface area contributed by atoms with Gasteiger partial charge < -0.3 is 94.0 Å². The maximum absolute atomic E-state index is 14.2. The number of alkyl carbamates (subject to hydrolysis) is 1. The fourth-order valence-corrected chi connectivity index (χ4v) is 9.68. The SMILES string of the molecule is CC(=O)N[C@@H]1[C@@H](O[C@@H]2O[C@H](CO)[C@H](O)[C@H](O)[C@H]2O)[C@@H](O)[C@@H](CO)O[C@@H]1C(C)[C@H](NC(=O)OCC1c2ccccc2-c2ccccc21)C(=O)NCCOCCOCCOCCOCCOCCOCCCCCCCCS. The van der Waals surface area contributed by atoms with Gasteiger partial charge in [0.2, 0.25) is 11.8 Å². The van der Waals surface area contributed by atoms with E-state index in [4.69, 9.17) is 47.4 Å². The number of carbonyl (C=O) groups is 3. The molecule has 0 saturated carbocycles. The second-order valence-corrected chi connectivity index (χ2v) is 19.4. The molecule has 9 N–H and O–H groups in total. The number of unbranched alkanes of at least 4 members (excludes halogenated alkanes) is 5. The van der Waals surface area contributed by atoms with Crippen LogP contribution >= 0.6 is 12.6 Å². The van der Waals surface area contributed by atoms with Gasteiger partial charge in [-0.05, 0) is 40.8 Å². The summed E-state index contributed by atoms with van der Waals surface area (Å²) in [6, 6.07) is 12.8. The smallest absolute Gasteiger partial charge is 0.407 e. The summed E-state index contributed by atoms with van der Waals surface area (Å²) in [5, 5.41) is 71.5. The lowest BCUT2D eigenvalue weighted by atomic mass is 9.82. The lowest BCUT2D eigenvalue weighted by Gasteiger charge is -2.49. The van der Waals surface area contributed by atoms with Crippen LogP contribution in [0, 0.1) is 5.92 Å². The summed E-state index contributed by atoms with van der Waals surface area (Å²) >= 11 is 4.24. The number of thiol groups is 1. The van der Waals surface area contributed by atoms with Crippen LogP contribution in [0.1, 0.15) is 69.4 Å². The molecule has 5 rings (SSSR count). The summed E-state index contributed by atoms with van der Waals surface area (Å²) in [7, 11) is 0. The first-order valence-corrected chi connectivity index (χ1v) is 27.2. The third-order valence-electron chi connectivity index (χ3n) is 13.5. The zero-order valence-electron chi connectivity index (χ0n) is 43.8. The van der Waals surface area contributed by atoms with E-state index in [1.165, 1.54) is 39.0 Å². The van der Waals surface area contributed by atoms with Gasteiger partial charge in [0.05, 0.1) is 98.0 Å². The van der Waals surface area contributed by atoms with Gasteiger partial charge in [-0.3, -0.25) is 9.59 Å². The van der Waals surface area contributed by atoms with Crippen LogP contribution in [0.5, 0.6) is 0 Å². The van der Waals surface area contributed by atoms with Gasteiger partial charge in [0.15, 0.2) is 6.29 Å². The average molecular weight is 1100 g/mol. The molecule has 0 aromatic heterocycles. The van der Waals surface area contributed by atoms with Crippen molar-refractivity contribution in [1.82, 2.24) is 16.0 Å². The van der Waals surface area contributed by atoms with Crippen LogP contribution in [0.15, 0.2) is 48.5 Å². The van der Waals surface area contributed by atoms with Crippen molar-refractivity contribution in [3.8, 4) is 11.1 Å². The van der Waals surface area contributed by atoms with Gasteiger partial charge in [0, 0.05) is 31.9 Å². The fraction of sp³-hybridized carbons (Fsp3) is 0.717. The Morgan fingerprint density at radius 1 is 0.632 bits per heavy atom. The number of carbonyl (C=O) groups excluding carboxylic acids is 3. The lowest BCUT2D eigenvalue weighted by Crippen LogP contribution is -2.70. The molecule has 2 heterocycles. The average Bonchev–Trinajstić information content (AvgIpc) is 3.76. The maximum atomic E-state index is 14.2. The van der Waals surface area contributed by atoms with Crippen molar-refractivity contribution in [3.63, 3.8) is 0 Å². The molecule has 2 fully saturated rings. The molecular weight excluding hydrogens is 1010 g/mol. The number of aliphatic hydroxyl groups is 6. The van der Waals surface area contributed by atoms with Crippen LogP contribution in [0.2, 0.25) is 0 Å². The van der Waals surface area contributed by atoms with Crippen molar-refractivity contribution < 1.29 is 92.4 Å². The Morgan fingerprint density at radius 2 is 1.13 bits per heavy atom. The zero-order valence-corrected chi connectivity index (χ0v) is 44.7. The molecule has 23 heteroatoms. The Hall–Kier alpha value is -3.60. The molecule has 22 nitrogen and oxygen atoms in total. The van der Waals surface area contributed by atoms with E-state index >= 15 is 0 Å². The van der Waals surface area contributed by atoms with E-state index in [-0.39, 0.29) is 38.9 Å². The van der Waals surface area contributed by atoms with Gasteiger partial charge in [0.25, 0.3) is 0 Å². The standard InChI is InChI=1S/C53H83N3O19S/c1-34(49-44(55-35(2)59)50(46(61)42(32-58)73-49)75-52-48(63)47(62)45(60)41(31-57)74-52)43(56-53(65)72-33-40-38-15-9-7-13-36(38)37-14-8-10-16-39(37)40)51(64)54-17-19-67-21-23-69-25-27-71-29-28-70-26-24-68-22-20-66-18-11-5-3-4-6-12-30-76/h7-10,13-16,34,40-50,52,57-58,60-63,76H,3-6,11-12,17-33H2,1-2H3,(H,54,64)(H,55,59)(H,56,65)/t34?,41-,42-,43+,44+,45+,46+,47+,48-,49-,50-,52+/m1/s1. The summed E-state index contributed by atoms with van der Waals surface area (Å²) < 4.78 is 57.2. The van der Waals surface area contributed by atoms with Crippen LogP contribution in [0.25, 0.3) is 11.1 Å². The molecular formula is C53H83N3O19S. The minimum atomic E-state index is -1.89. The first-order chi connectivity index (χ1) is 36.9. The predicted octanol–water partition coefficient (Wildman–Crippen LogP) is 0.826. The molecule has 3 amide bonds. The molecule has 2 aromatic carbocycles. The van der Waals surface area contributed by atoms with Crippen molar-refractivity contribution in [1.29, 1.82) is 0 Å². The van der Waals surface area contributed by atoms with Crippen LogP contribution in [0.4, 0.5) is 4.79 Å². The Kier molecular flexibility index (Phi) is 29.2. The van der Waals surface area contributed by atoms with E-state index < -0.39 is 104 Å². The molecule has 2 aromatic rings. The van der Waals surface area contributed by atoms with Crippen LogP contribution < -0.4 is 16.0 Å². The minimum Gasteiger partial charge on any atom is -0.449 e. The predicted molar refractivity (Wildman–Crippen MR) is 279 cm³/mol. The first-order valence-electron chi connectivity index (χ1n) is 26.6. The molecule has 2 saturated heterocycles. The highest BCUT2D eigenvalue weighted by Gasteiger charge is 2.53. The molecule has 1 aliphatic carbocycles. The highest BCUT2D eigenvalue weighted by Crippen LogP contribution is 2.44. The van der Waals surface area contributed by atoms with E-state index in [1.807, 2.05) is 48.5 Å². The largest absolute Gasteiger partial charge is 0.449 e. The summed E-state index contributed by atoms with van der Waals surface area (Å²) in [5.74, 6) is -1.76. The summed E-state index contributed by atoms with van der Waals surface area (Å²) in [4.78, 5) is 40.8. The zero-order chi connectivity index (χ0) is 54.7. The monoisotopic (exact) mass is 1100 g/mol. The van der Waals surface area contributed by atoms with Gasteiger partial charge in [-0.2, -0.15) is 12.6 Å². The van der Waals surface area contributed by atoms with Crippen molar-refractivity contribution in [2.24, 2.45) is 5.92 Å². The molecule has 1 unspecified atom stereocenters.